The van der Waals surface area contributed by atoms with Gasteiger partial charge in [-0.15, -0.1) is 0 Å². The monoisotopic (exact) mass is 244 g/mol. The maximum Gasteiger partial charge on any atom is 0.0656 e. The molecule has 0 aromatic heterocycles. The van der Waals surface area contributed by atoms with E-state index in [1.165, 1.54) is 0 Å². The van der Waals surface area contributed by atoms with Crippen molar-refractivity contribution in [3.05, 3.63) is 28.2 Å². The van der Waals surface area contributed by atoms with Gasteiger partial charge in [0.2, 0.25) is 0 Å². The van der Waals surface area contributed by atoms with E-state index in [0.717, 1.165) is 10.0 Å². The topological polar surface area (TPSA) is 61.3 Å². The minimum absolute atomic E-state index is 0.180. The molecule has 0 amide bonds. The first kappa shape index (κ1) is 10.5. The highest BCUT2D eigenvalue weighted by atomic mass is 79.9. The number of rotatable bonds is 3. The predicted molar refractivity (Wildman–Crippen MR) is 57.4 cm³/mol. The third-order valence-electron chi connectivity index (χ3n) is 1.80. The maximum atomic E-state index is 5.87. The van der Waals surface area contributed by atoms with Gasteiger partial charge in [-0.25, -0.2) is 0 Å². The van der Waals surface area contributed by atoms with Crippen molar-refractivity contribution < 1.29 is 4.74 Å². The van der Waals surface area contributed by atoms with E-state index in [4.69, 9.17) is 16.2 Å². The molecular formula is C9H13BrN2O. The molecule has 0 saturated heterocycles. The molecule has 1 atom stereocenters. The lowest BCUT2D eigenvalue weighted by Gasteiger charge is -2.14. The lowest BCUT2D eigenvalue weighted by molar-refractivity contribution is 0.181. The molecular weight excluding hydrogens is 232 g/mol. The van der Waals surface area contributed by atoms with Crippen LogP contribution in [0, 0.1) is 0 Å². The van der Waals surface area contributed by atoms with E-state index in [9.17, 15) is 0 Å². The molecule has 1 aromatic carbocycles. The van der Waals surface area contributed by atoms with Gasteiger partial charge in [0, 0.05) is 22.8 Å². The van der Waals surface area contributed by atoms with Gasteiger partial charge in [-0.05, 0) is 12.1 Å². The van der Waals surface area contributed by atoms with E-state index in [1.807, 2.05) is 18.2 Å². The summed E-state index contributed by atoms with van der Waals surface area (Å²) >= 11 is 3.40. The summed E-state index contributed by atoms with van der Waals surface area (Å²) in [7, 11) is 1.62. The zero-order valence-electron chi connectivity index (χ0n) is 7.46. The summed E-state index contributed by atoms with van der Waals surface area (Å²) in [5.74, 6) is 0. The Morgan fingerprint density at radius 2 is 2.23 bits per heavy atom. The first-order valence-corrected chi connectivity index (χ1v) is 4.74. The Hall–Kier alpha value is -0.580. The third-order valence-corrected chi connectivity index (χ3v) is 2.50. The number of methoxy groups -OCH3 is 1. The molecule has 0 bridgehead atoms. The highest BCUT2D eigenvalue weighted by molar-refractivity contribution is 9.10. The number of halogens is 1. The van der Waals surface area contributed by atoms with Crippen molar-refractivity contribution in [2.45, 2.75) is 6.04 Å². The lowest BCUT2D eigenvalue weighted by atomic mass is 10.1. The van der Waals surface area contributed by atoms with Crippen LogP contribution >= 0.6 is 15.9 Å². The number of hydrogen-bond donors (Lipinski definition) is 2. The van der Waals surface area contributed by atoms with Gasteiger partial charge >= 0.3 is 0 Å². The molecule has 13 heavy (non-hydrogen) atoms. The summed E-state index contributed by atoms with van der Waals surface area (Å²) in [6, 6.07) is 5.44. The van der Waals surface area contributed by atoms with Crippen LogP contribution in [0.15, 0.2) is 22.7 Å². The van der Waals surface area contributed by atoms with E-state index in [0.29, 0.717) is 12.3 Å². The Labute approximate surface area is 86.2 Å². The van der Waals surface area contributed by atoms with Crippen LogP contribution in [0.25, 0.3) is 0 Å². The second kappa shape index (κ2) is 4.60. The smallest absolute Gasteiger partial charge is 0.0656 e. The molecule has 1 aromatic rings. The summed E-state index contributed by atoms with van der Waals surface area (Å²) < 4.78 is 5.89. The molecule has 0 spiro atoms. The number of nitrogen functional groups attached to an aromatic ring is 1. The third kappa shape index (κ3) is 2.43. The fraction of sp³-hybridized carbons (Fsp3) is 0.333. The summed E-state index contributed by atoms with van der Waals surface area (Å²) in [6.07, 6.45) is 0. The molecule has 0 aliphatic heterocycles. The zero-order chi connectivity index (χ0) is 9.84. The Kier molecular flexibility index (Phi) is 3.71. The first-order chi connectivity index (χ1) is 6.16. The van der Waals surface area contributed by atoms with E-state index < -0.39 is 0 Å². The van der Waals surface area contributed by atoms with Gasteiger partial charge in [0.05, 0.1) is 12.6 Å². The second-order valence-electron chi connectivity index (χ2n) is 2.80. The minimum atomic E-state index is -0.180. The van der Waals surface area contributed by atoms with Crippen LogP contribution in [-0.4, -0.2) is 13.7 Å². The molecule has 0 fully saturated rings. The molecule has 0 saturated carbocycles. The van der Waals surface area contributed by atoms with Crippen LogP contribution < -0.4 is 11.5 Å². The number of nitrogens with two attached hydrogens (primary N) is 2. The van der Waals surface area contributed by atoms with Crippen LogP contribution in [0.4, 0.5) is 5.69 Å². The summed E-state index contributed by atoms with van der Waals surface area (Å²) in [4.78, 5) is 0. The van der Waals surface area contributed by atoms with Gasteiger partial charge in [0.25, 0.3) is 0 Å². The number of ether oxygens (including phenoxy) is 1. The molecule has 0 radical (unpaired) electrons. The average Bonchev–Trinajstić information content (AvgIpc) is 2.04. The van der Waals surface area contributed by atoms with E-state index >= 15 is 0 Å². The molecule has 0 aliphatic carbocycles. The Morgan fingerprint density at radius 1 is 1.54 bits per heavy atom. The van der Waals surface area contributed by atoms with Crippen LogP contribution in [0.1, 0.15) is 11.6 Å². The van der Waals surface area contributed by atoms with Crippen molar-refractivity contribution in [1.82, 2.24) is 0 Å². The quantitative estimate of drug-likeness (QED) is 0.796. The van der Waals surface area contributed by atoms with E-state index in [1.54, 1.807) is 7.11 Å². The Morgan fingerprint density at radius 3 is 2.77 bits per heavy atom. The van der Waals surface area contributed by atoms with Crippen molar-refractivity contribution in [1.29, 1.82) is 0 Å². The van der Waals surface area contributed by atoms with Crippen molar-refractivity contribution in [3.63, 3.8) is 0 Å². The molecule has 1 rings (SSSR count). The first-order valence-electron chi connectivity index (χ1n) is 3.95. The van der Waals surface area contributed by atoms with Gasteiger partial charge in [0.1, 0.15) is 0 Å². The summed E-state index contributed by atoms with van der Waals surface area (Å²) in [5.41, 5.74) is 13.3. The van der Waals surface area contributed by atoms with Crippen LogP contribution in [0.2, 0.25) is 0 Å². The average molecular weight is 245 g/mol. The largest absolute Gasteiger partial charge is 0.398 e. The molecule has 4 heteroatoms. The Balaban J connectivity index is 2.98. The van der Waals surface area contributed by atoms with Crippen molar-refractivity contribution in [2.24, 2.45) is 5.73 Å². The Bertz CT molecular complexity index is 271. The van der Waals surface area contributed by atoms with Gasteiger partial charge < -0.3 is 16.2 Å². The molecule has 3 nitrogen and oxygen atoms in total. The molecule has 0 aliphatic rings. The van der Waals surface area contributed by atoms with Gasteiger partial charge in [-0.3, -0.25) is 0 Å². The standard InChI is InChI=1S/C9H13BrN2O/c1-13-5-8(12)9-6(10)3-2-4-7(9)11/h2-4,8H,5,11-12H2,1H3/t8-/m0/s1. The molecule has 0 unspecified atom stereocenters. The van der Waals surface area contributed by atoms with Crippen LogP contribution in [0.3, 0.4) is 0 Å². The molecule has 0 heterocycles. The van der Waals surface area contributed by atoms with Crippen molar-refractivity contribution in [2.75, 3.05) is 19.5 Å². The van der Waals surface area contributed by atoms with Gasteiger partial charge in [-0.2, -0.15) is 0 Å². The number of hydrogen-bond acceptors (Lipinski definition) is 3. The van der Waals surface area contributed by atoms with Gasteiger partial charge in [-0.1, -0.05) is 22.0 Å². The number of anilines is 1. The second-order valence-corrected chi connectivity index (χ2v) is 3.66. The fourth-order valence-corrected chi connectivity index (χ4v) is 1.88. The fourth-order valence-electron chi connectivity index (χ4n) is 1.21. The molecule has 72 valence electrons. The lowest BCUT2D eigenvalue weighted by Crippen LogP contribution is -2.18. The highest BCUT2D eigenvalue weighted by Crippen LogP contribution is 2.27. The summed E-state index contributed by atoms with van der Waals surface area (Å²) in [6.45, 7) is 0.465. The van der Waals surface area contributed by atoms with Crippen LogP contribution in [0.5, 0.6) is 0 Å². The van der Waals surface area contributed by atoms with Crippen molar-refractivity contribution in [3.8, 4) is 0 Å². The SMILES string of the molecule is COC[C@H](N)c1c(N)cccc1Br. The zero-order valence-corrected chi connectivity index (χ0v) is 9.04. The molecule has 4 N–H and O–H groups in total. The van der Waals surface area contributed by atoms with Crippen LogP contribution in [-0.2, 0) is 4.74 Å². The van der Waals surface area contributed by atoms with Gasteiger partial charge in [0.15, 0.2) is 0 Å². The predicted octanol–water partition coefficient (Wildman–Crippen LogP) is 1.68. The van der Waals surface area contributed by atoms with E-state index in [2.05, 4.69) is 15.9 Å². The number of benzene rings is 1. The van der Waals surface area contributed by atoms with Crippen molar-refractivity contribution >= 4 is 21.6 Å². The highest BCUT2D eigenvalue weighted by Gasteiger charge is 2.12. The summed E-state index contributed by atoms with van der Waals surface area (Å²) in [5, 5.41) is 0. The maximum absolute atomic E-state index is 5.87. The van der Waals surface area contributed by atoms with E-state index in [-0.39, 0.29) is 6.04 Å². The normalized spacial score (nSPS) is 12.8. The minimum Gasteiger partial charge on any atom is -0.398 e.